The summed E-state index contributed by atoms with van der Waals surface area (Å²) in [7, 11) is -3.77. The Labute approximate surface area is 164 Å². The Morgan fingerprint density at radius 1 is 1.04 bits per heavy atom. The van der Waals surface area contributed by atoms with Crippen LogP contribution in [0, 0.1) is 0 Å². The third kappa shape index (κ3) is 5.09. The fourth-order valence-electron chi connectivity index (χ4n) is 2.71. The van der Waals surface area contributed by atoms with Crippen LogP contribution in [0.2, 0.25) is 0 Å². The van der Waals surface area contributed by atoms with Crippen molar-refractivity contribution >= 4 is 21.6 Å². The summed E-state index contributed by atoms with van der Waals surface area (Å²) in [5.74, 6) is 0.135. The summed E-state index contributed by atoms with van der Waals surface area (Å²) in [6, 6.07) is 16.9. The Kier molecular flexibility index (Phi) is 6.28. The molecule has 0 spiro atoms. The molecule has 28 heavy (non-hydrogen) atoms. The molecule has 1 amide bonds. The standard InChI is InChI=1S/C21H22N2O4S/c1-2-5-16-9-11-18(12-10-16)23-21(24)17-6-3-8-20(14-17)28(25,26)22-15-19-7-4-13-27-19/h3-4,6-14,22H,2,5,15H2,1H3,(H,23,24). The quantitative estimate of drug-likeness (QED) is 0.601. The number of aryl methyl sites for hydroxylation is 1. The smallest absolute Gasteiger partial charge is 0.255 e. The van der Waals surface area contributed by atoms with Crippen molar-refractivity contribution in [2.75, 3.05) is 5.32 Å². The van der Waals surface area contributed by atoms with Gasteiger partial charge < -0.3 is 9.73 Å². The normalized spacial score (nSPS) is 11.3. The van der Waals surface area contributed by atoms with Crippen LogP contribution in [0.4, 0.5) is 5.69 Å². The molecule has 0 saturated heterocycles. The molecule has 3 rings (SSSR count). The van der Waals surface area contributed by atoms with Crippen molar-refractivity contribution in [3.8, 4) is 0 Å². The topological polar surface area (TPSA) is 88.4 Å². The highest BCUT2D eigenvalue weighted by Gasteiger charge is 2.17. The van der Waals surface area contributed by atoms with E-state index in [4.69, 9.17) is 4.42 Å². The second-order valence-corrected chi connectivity index (χ2v) is 8.10. The van der Waals surface area contributed by atoms with Crippen LogP contribution in [0.25, 0.3) is 0 Å². The molecule has 7 heteroatoms. The van der Waals surface area contributed by atoms with Crippen LogP contribution in [0.15, 0.2) is 76.2 Å². The zero-order valence-corrected chi connectivity index (χ0v) is 16.3. The lowest BCUT2D eigenvalue weighted by molar-refractivity contribution is 0.102. The summed E-state index contributed by atoms with van der Waals surface area (Å²) < 4.78 is 32.5. The zero-order chi connectivity index (χ0) is 20.0. The van der Waals surface area contributed by atoms with E-state index < -0.39 is 10.0 Å². The van der Waals surface area contributed by atoms with Gasteiger partial charge >= 0.3 is 0 Å². The summed E-state index contributed by atoms with van der Waals surface area (Å²) in [5.41, 5.74) is 2.13. The molecule has 3 aromatic rings. The van der Waals surface area contributed by atoms with Gasteiger partial charge in [0.15, 0.2) is 0 Å². The molecule has 1 heterocycles. The number of hydrogen-bond acceptors (Lipinski definition) is 4. The summed E-state index contributed by atoms with van der Waals surface area (Å²) in [6.45, 7) is 2.15. The van der Waals surface area contributed by atoms with Gasteiger partial charge in [-0.2, -0.15) is 0 Å². The third-order valence-electron chi connectivity index (χ3n) is 4.17. The van der Waals surface area contributed by atoms with Crippen molar-refractivity contribution in [1.82, 2.24) is 4.72 Å². The fourth-order valence-corrected chi connectivity index (χ4v) is 3.75. The highest BCUT2D eigenvalue weighted by atomic mass is 32.2. The first-order valence-corrected chi connectivity index (χ1v) is 10.5. The van der Waals surface area contributed by atoms with Crippen LogP contribution < -0.4 is 10.0 Å². The molecule has 0 fully saturated rings. The second kappa shape index (κ2) is 8.86. The molecular formula is C21H22N2O4S. The minimum absolute atomic E-state index is 0.0185. The van der Waals surface area contributed by atoms with Crippen LogP contribution >= 0.6 is 0 Å². The first-order chi connectivity index (χ1) is 13.5. The summed E-state index contributed by atoms with van der Waals surface area (Å²) in [5, 5.41) is 2.79. The maximum Gasteiger partial charge on any atom is 0.255 e. The van der Waals surface area contributed by atoms with E-state index in [0.717, 1.165) is 12.8 Å². The Hall–Kier alpha value is -2.90. The predicted octanol–water partition coefficient (Wildman–Crippen LogP) is 3.96. The van der Waals surface area contributed by atoms with Crippen LogP contribution in [-0.4, -0.2) is 14.3 Å². The minimum Gasteiger partial charge on any atom is -0.468 e. The number of carbonyl (C=O) groups excluding carboxylic acids is 1. The highest BCUT2D eigenvalue weighted by molar-refractivity contribution is 7.89. The number of carbonyl (C=O) groups is 1. The number of hydrogen-bond donors (Lipinski definition) is 2. The van der Waals surface area contributed by atoms with E-state index in [1.54, 1.807) is 24.3 Å². The molecule has 0 atom stereocenters. The van der Waals surface area contributed by atoms with Gasteiger partial charge in [0.1, 0.15) is 5.76 Å². The van der Waals surface area contributed by atoms with Gasteiger partial charge in [0, 0.05) is 11.3 Å². The van der Waals surface area contributed by atoms with Crippen molar-refractivity contribution in [3.63, 3.8) is 0 Å². The summed E-state index contributed by atoms with van der Waals surface area (Å²) in [4.78, 5) is 12.5. The maximum absolute atomic E-state index is 12.5. The number of anilines is 1. The molecule has 0 bridgehead atoms. The minimum atomic E-state index is -3.77. The Morgan fingerprint density at radius 3 is 2.50 bits per heavy atom. The molecule has 0 aliphatic carbocycles. The number of nitrogens with one attached hydrogen (secondary N) is 2. The van der Waals surface area contributed by atoms with Gasteiger partial charge in [-0.15, -0.1) is 0 Å². The molecule has 0 saturated carbocycles. The number of benzene rings is 2. The number of furan rings is 1. The van der Waals surface area contributed by atoms with Gasteiger partial charge in [0.2, 0.25) is 10.0 Å². The van der Waals surface area contributed by atoms with Gasteiger partial charge in [0.05, 0.1) is 17.7 Å². The van der Waals surface area contributed by atoms with E-state index in [9.17, 15) is 13.2 Å². The highest BCUT2D eigenvalue weighted by Crippen LogP contribution is 2.16. The largest absolute Gasteiger partial charge is 0.468 e. The number of rotatable bonds is 8. The first-order valence-electron chi connectivity index (χ1n) is 9.00. The Bertz CT molecular complexity index is 1030. The van der Waals surface area contributed by atoms with Gasteiger partial charge in [0.25, 0.3) is 5.91 Å². The molecule has 1 aromatic heterocycles. The first kappa shape index (κ1) is 19.9. The molecule has 0 aliphatic rings. The van der Waals surface area contributed by atoms with Crippen molar-refractivity contribution in [2.24, 2.45) is 0 Å². The molecule has 0 aliphatic heterocycles. The molecule has 0 unspecified atom stereocenters. The third-order valence-corrected chi connectivity index (χ3v) is 5.57. The SMILES string of the molecule is CCCc1ccc(NC(=O)c2cccc(S(=O)(=O)NCc3ccco3)c2)cc1. The second-order valence-electron chi connectivity index (χ2n) is 6.33. The molecule has 0 radical (unpaired) electrons. The number of amides is 1. The van der Waals surface area contributed by atoms with Crippen molar-refractivity contribution in [3.05, 3.63) is 83.8 Å². The average Bonchev–Trinajstić information content (AvgIpc) is 3.22. The lowest BCUT2D eigenvalue weighted by Gasteiger charge is -2.09. The van der Waals surface area contributed by atoms with Crippen LogP contribution in [-0.2, 0) is 23.0 Å². The van der Waals surface area contributed by atoms with E-state index >= 15 is 0 Å². The van der Waals surface area contributed by atoms with Crippen molar-refractivity contribution in [1.29, 1.82) is 0 Å². The van der Waals surface area contributed by atoms with E-state index in [2.05, 4.69) is 17.0 Å². The lowest BCUT2D eigenvalue weighted by Crippen LogP contribution is -2.23. The van der Waals surface area contributed by atoms with E-state index in [1.807, 2.05) is 24.3 Å². The van der Waals surface area contributed by atoms with Crippen molar-refractivity contribution in [2.45, 2.75) is 31.2 Å². The van der Waals surface area contributed by atoms with Gasteiger partial charge in [-0.3, -0.25) is 4.79 Å². The zero-order valence-electron chi connectivity index (χ0n) is 15.5. The van der Waals surface area contributed by atoms with Crippen molar-refractivity contribution < 1.29 is 17.6 Å². The summed E-state index contributed by atoms with van der Waals surface area (Å²) >= 11 is 0. The lowest BCUT2D eigenvalue weighted by atomic mass is 10.1. The molecule has 2 aromatic carbocycles. The van der Waals surface area contributed by atoms with Crippen LogP contribution in [0.1, 0.15) is 35.0 Å². The van der Waals surface area contributed by atoms with E-state index in [1.165, 1.54) is 24.0 Å². The van der Waals surface area contributed by atoms with Gasteiger partial charge in [-0.05, 0) is 54.4 Å². The van der Waals surface area contributed by atoms with Crippen LogP contribution in [0.3, 0.4) is 0 Å². The van der Waals surface area contributed by atoms with Gasteiger partial charge in [-0.25, -0.2) is 13.1 Å². The fraction of sp³-hybridized carbons (Fsp3) is 0.190. The van der Waals surface area contributed by atoms with E-state index in [-0.39, 0.29) is 22.9 Å². The molecule has 146 valence electrons. The van der Waals surface area contributed by atoms with Gasteiger partial charge in [-0.1, -0.05) is 31.5 Å². The summed E-state index contributed by atoms with van der Waals surface area (Å²) in [6.07, 6.45) is 3.52. The molecule has 2 N–H and O–H groups in total. The average molecular weight is 398 g/mol. The molecule has 6 nitrogen and oxygen atoms in total. The Morgan fingerprint density at radius 2 is 1.82 bits per heavy atom. The molecular weight excluding hydrogens is 376 g/mol. The van der Waals surface area contributed by atoms with Crippen LogP contribution in [0.5, 0.6) is 0 Å². The predicted molar refractivity (Wildman–Crippen MR) is 108 cm³/mol. The number of sulfonamides is 1. The maximum atomic E-state index is 12.5. The monoisotopic (exact) mass is 398 g/mol. The van der Waals surface area contributed by atoms with E-state index in [0.29, 0.717) is 11.4 Å². The Balaban J connectivity index is 1.70.